The molecule has 0 amide bonds. The number of imidazole rings is 1. The fraction of sp³-hybridized carbons (Fsp3) is 0.591. The Morgan fingerprint density at radius 2 is 2.10 bits per heavy atom. The molecule has 1 aromatic carbocycles. The van der Waals surface area contributed by atoms with Crippen LogP contribution in [0.25, 0.3) is 0 Å². The highest BCUT2D eigenvalue weighted by Crippen LogP contribution is 2.32. The fourth-order valence-corrected chi connectivity index (χ4v) is 3.61. The number of aryl methyl sites for hydroxylation is 1. The maximum atomic E-state index is 10.4. The highest BCUT2D eigenvalue weighted by Gasteiger charge is 2.18. The molecular weight excluding hydrogens is 384 g/mol. The van der Waals surface area contributed by atoms with Crippen molar-refractivity contribution in [2.75, 3.05) is 60.2 Å². The molecule has 1 fully saturated rings. The average molecular weight is 419 g/mol. The Balaban J connectivity index is 1.57. The molecule has 166 valence electrons. The molecule has 0 saturated carbocycles. The summed E-state index contributed by atoms with van der Waals surface area (Å²) in [4.78, 5) is 8.71. The Labute approximate surface area is 179 Å². The van der Waals surface area contributed by atoms with Gasteiger partial charge in [0.1, 0.15) is 18.5 Å². The van der Waals surface area contributed by atoms with Crippen molar-refractivity contribution in [3.8, 4) is 11.5 Å². The molecule has 8 heteroatoms. The maximum absolute atomic E-state index is 10.4. The summed E-state index contributed by atoms with van der Waals surface area (Å²) in [6.45, 7) is 8.42. The second-order valence-electron chi connectivity index (χ2n) is 7.73. The van der Waals surface area contributed by atoms with Gasteiger partial charge in [0.15, 0.2) is 11.5 Å². The number of para-hydroxylation sites is 1. The molecule has 0 spiro atoms. The summed E-state index contributed by atoms with van der Waals surface area (Å²) >= 11 is 0. The number of benzene rings is 1. The molecule has 3 rings (SSSR count). The number of rotatable bonds is 11. The van der Waals surface area contributed by atoms with E-state index in [0.717, 1.165) is 57.3 Å². The summed E-state index contributed by atoms with van der Waals surface area (Å²) < 4.78 is 19.1. The van der Waals surface area contributed by atoms with Crippen LogP contribution in [-0.4, -0.2) is 90.7 Å². The zero-order valence-corrected chi connectivity index (χ0v) is 18.3. The van der Waals surface area contributed by atoms with E-state index in [2.05, 4.69) is 26.4 Å². The van der Waals surface area contributed by atoms with Gasteiger partial charge in [0, 0.05) is 57.2 Å². The molecule has 1 atom stereocenters. The van der Waals surface area contributed by atoms with E-state index in [9.17, 15) is 5.11 Å². The Kier molecular flexibility index (Phi) is 8.50. The normalized spacial score (nSPS) is 16.0. The summed E-state index contributed by atoms with van der Waals surface area (Å²) in [6.07, 6.45) is 3.26. The van der Waals surface area contributed by atoms with Crippen molar-refractivity contribution in [3.63, 3.8) is 0 Å². The standard InChI is InChI=1S/C22H34N4O4/c1-18-23-7-8-26(18)10-9-24(2)15-19-5-4-6-21(28-3)22(19)30-17-20(27)16-25-11-13-29-14-12-25/h4-8,20,27H,9-17H2,1-3H3. The summed E-state index contributed by atoms with van der Waals surface area (Å²) in [5.41, 5.74) is 1.04. The van der Waals surface area contributed by atoms with Crippen molar-refractivity contribution in [2.24, 2.45) is 0 Å². The van der Waals surface area contributed by atoms with Crippen molar-refractivity contribution in [1.29, 1.82) is 0 Å². The molecule has 0 aliphatic carbocycles. The zero-order valence-electron chi connectivity index (χ0n) is 18.3. The number of aliphatic hydroxyl groups excluding tert-OH is 1. The van der Waals surface area contributed by atoms with Gasteiger partial charge in [0.25, 0.3) is 0 Å². The molecule has 1 aliphatic heterocycles. The lowest BCUT2D eigenvalue weighted by Gasteiger charge is -2.28. The second kappa shape index (κ2) is 11.3. The van der Waals surface area contributed by atoms with Crippen LogP contribution in [0.2, 0.25) is 0 Å². The molecule has 0 bridgehead atoms. The molecule has 30 heavy (non-hydrogen) atoms. The van der Waals surface area contributed by atoms with E-state index in [0.29, 0.717) is 18.0 Å². The van der Waals surface area contributed by atoms with E-state index in [1.807, 2.05) is 37.5 Å². The first-order valence-electron chi connectivity index (χ1n) is 10.5. The number of morpholine rings is 1. The Morgan fingerprint density at radius 1 is 1.30 bits per heavy atom. The van der Waals surface area contributed by atoms with Crippen LogP contribution in [0.15, 0.2) is 30.6 Å². The number of methoxy groups -OCH3 is 1. The number of aliphatic hydroxyl groups is 1. The van der Waals surface area contributed by atoms with Gasteiger partial charge in [-0.1, -0.05) is 12.1 Å². The first kappa shape index (κ1) is 22.6. The van der Waals surface area contributed by atoms with Crippen molar-refractivity contribution in [1.82, 2.24) is 19.4 Å². The third kappa shape index (κ3) is 6.43. The maximum Gasteiger partial charge on any atom is 0.165 e. The number of aromatic nitrogens is 2. The Morgan fingerprint density at radius 3 is 2.80 bits per heavy atom. The van der Waals surface area contributed by atoms with E-state index in [1.165, 1.54) is 0 Å². The second-order valence-corrected chi connectivity index (χ2v) is 7.73. The minimum absolute atomic E-state index is 0.225. The number of β-amino-alcohol motifs (C(OH)–C–C–N with tert-alkyl or cyclic N) is 1. The molecule has 1 aromatic heterocycles. The van der Waals surface area contributed by atoms with Crippen LogP contribution in [-0.2, 0) is 17.8 Å². The monoisotopic (exact) mass is 418 g/mol. The van der Waals surface area contributed by atoms with Gasteiger partial charge >= 0.3 is 0 Å². The van der Waals surface area contributed by atoms with E-state index >= 15 is 0 Å². The average Bonchev–Trinajstić information content (AvgIpc) is 3.16. The van der Waals surface area contributed by atoms with Crippen LogP contribution < -0.4 is 9.47 Å². The predicted octanol–water partition coefficient (Wildman–Crippen LogP) is 1.40. The van der Waals surface area contributed by atoms with E-state index in [1.54, 1.807) is 7.11 Å². The molecule has 1 N–H and O–H groups in total. The highest BCUT2D eigenvalue weighted by atomic mass is 16.5. The van der Waals surface area contributed by atoms with Gasteiger partial charge in [-0.05, 0) is 20.0 Å². The SMILES string of the molecule is COc1cccc(CN(C)CCn2ccnc2C)c1OCC(O)CN1CCOCC1. The van der Waals surface area contributed by atoms with E-state index in [4.69, 9.17) is 14.2 Å². The lowest BCUT2D eigenvalue weighted by Crippen LogP contribution is -2.42. The summed E-state index contributed by atoms with van der Waals surface area (Å²) in [5, 5.41) is 10.4. The van der Waals surface area contributed by atoms with Gasteiger partial charge in [-0.3, -0.25) is 4.90 Å². The van der Waals surface area contributed by atoms with Gasteiger partial charge in [-0.15, -0.1) is 0 Å². The van der Waals surface area contributed by atoms with Crippen LogP contribution >= 0.6 is 0 Å². The molecule has 2 aromatic rings. The molecule has 8 nitrogen and oxygen atoms in total. The van der Waals surface area contributed by atoms with Crippen molar-refractivity contribution in [3.05, 3.63) is 42.0 Å². The van der Waals surface area contributed by atoms with Crippen LogP contribution in [0, 0.1) is 6.92 Å². The molecule has 1 aliphatic rings. The van der Waals surface area contributed by atoms with E-state index in [-0.39, 0.29) is 6.61 Å². The van der Waals surface area contributed by atoms with Crippen LogP contribution in [0.4, 0.5) is 0 Å². The zero-order chi connectivity index (χ0) is 21.3. The number of hydrogen-bond donors (Lipinski definition) is 1. The molecule has 1 saturated heterocycles. The predicted molar refractivity (Wildman–Crippen MR) is 115 cm³/mol. The molecular formula is C22H34N4O4. The molecule has 1 unspecified atom stereocenters. The van der Waals surface area contributed by atoms with Gasteiger partial charge in [0.05, 0.1) is 20.3 Å². The van der Waals surface area contributed by atoms with Gasteiger partial charge in [-0.25, -0.2) is 4.98 Å². The third-order valence-corrected chi connectivity index (χ3v) is 5.36. The number of hydrogen-bond acceptors (Lipinski definition) is 7. The number of nitrogens with zero attached hydrogens (tertiary/aromatic N) is 4. The smallest absolute Gasteiger partial charge is 0.165 e. The van der Waals surface area contributed by atoms with Gasteiger partial charge < -0.3 is 28.8 Å². The minimum Gasteiger partial charge on any atom is -0.493 e. The van der Waals surface area contributed by atoms with Crippen LogP contribution in [0.1, 0.15) is 11.4 Å². The number of likely N-dealkylation sites (N-methyl/N-ethyl adjacent to an activating group) is 1. The Hall–Kier alpha value is -2.13. The lowest BCUT2D eigenvalue weighted by molar-refractivity contribution is 0.00432. The van der Waals surface area contributed by atoms with Crippen LogP contribution in [0.5, 0.6) is 11.5 Å². The Bertz CT molecular complexity index is 776. The first-order valence-corrected chi connectivity index (χ1v) is 10.5. The minimum atomic E-state index is -0.567. The summed E-state index contributed by atoms with van der Waals surface area (Å²) in [7, 11) is 3.73. The molecule has 2 heterocycles. The van der Waals surface area contributed by atoms with Gasteiger partial charge in [0.2, 0.25) is 0 Å². The van der Waals surface area contributed by atoms with Gasteiger partial charge in [-0.2, -0.15) is 0 Å². The fourth-order valence-electron chi connectivity index (χ4n) is 3.61. The van der Waals surface area contributed by atoms with E-state index < -0.39 is 6.10 Å². The van der Waals surface area contributed by atoms with Crippen molar-refractivity contribution in [2.45, 2.75) is 26.1 Å². The first-order chi connectivity index (χ1) is 14.6. The lowest BCUT2D eigenvalue weighted by atomic mass is 10.1. The quantitative estimate of drug-likeness (QED) is 0.591. The summed E-state index contributed by atoms with van der Waals surface area (Å²) in [5.74, 6) is 2.40. The highest BCUT2D eigenvalue weighted by molar-refractivity contribution is 5.46. The number of ether oxygens (including phenoxy) is 3. The van der Waals surface area contributed by atoms with Crippen molar-refractivity contribution < 1.29 is 19.3 Å². The molecule has 0 radical (unpaired) electrons. The topological polar surface area (TPSA) is 72.2 Å². The largest absolute Gasteiger partial charge is 0.493 e. The third-order valence-electron chi connectivity index (χ3n) is 5.36. The van der Waals surface area contributed by atoms with Crippen molar-refractivity contribution >= 4 is 0 Å². The summed E-state index contributed by atoms with van der Waals surface area (Å²) in [6, 6.07) is 5.91. The van der Waals surface area contributed by atoms with Crippen LogP contribution in [0.3, 0.4) is 0 Å².